The molecule has 1 aromatic heterocycles. The zero-order valence-corrected chi connectivity index (χ0v) is 10.6. The molecule has 1 aliphatic heterocycles. The number of hydrogen-bond acceptors (Lipinski definition) is 3. The van der Waals surface area contributed by atoms with E-state index in [4.69, 9.17) is 4.74 Å². The van der Waals surface area contributed by atoms with Gasteiger partial charge in [-0.05, 0) is 35.3 Å². The van der Waals surface area contributed by atoms with Crippen LogP contribution in [0.2, 0.25) is 0 Å². The van der Waals surface area contributed by atoms with Gasteiger partial charge in [0.05, 0.1) is 6.61 Å². The van der Waals surface area contributed by atoms with Gasteiger partial charge in [-0.1, -0.05) is 0 Å². The van der Waals surface area contributed by atoms with Gasteiger partial charge in [0.15, 0.2) is 11.6 Å². The molecule has 0 radical (unpaired) electrons. The van der Waals surface area contributed by atoms with Gasteiger partial charge in [-0.25, -0.2) is 9.37 Å². The van der Waals surface area contributed by atoms with Crippen molar-refractivity contribution in [2.75, 3.05) is 18.5 Å². The molecule has 5 heteroatoms. The average molecular weight is 289 g/mol. The summed E-state index contributed by atoms with van der Waals surface area (Å²) >= 11 is 3.18. The van der Waals surface area contributed by atoms with Crippen LogP contribution in [-0.2, 0) is 4.74 Å². The lowest BCUT2D eigenvalue weighted by Crippen LogP contribution is -2.27. The Morgan fingerprint density at radius 3 is 3.12 bits per heavy atom. The molecule has 0 aromatic carbocycles. The van der Waals surface area contributed by atoms with Crippen molar-refractivity contribution in [3.63, 3.8) is 0 Å². The largest absolute Gasteiger partial charge is 0.381 e. The minimum absolute atomic E-state index is 0.172. The third kappa shape index (κ3) is 2.71. The summed E-state index contributed by atoms with van der Waals surface area (Å²) in [5, 5.41) is 3.09. The number of nitrogens with one attached hydrogen (secondary N) is 1. The topological polar surface area (TPSA) is 34.2 Å². The van der Waals surface area contributed by atoms with Gasteiger partial charge in [-0.2, -0.15) is 0 Å². The highest BCUT2D eigenvalue weighted by atomic mass is 79.9. The zero-order chi connectivity index (χ0) is 11.5. The number of hydrogen-bond donors (Lipinski definition) is 1. The Kier molecular flexibility index (Phi) is 3.76. The molecule has 0 spiro atoms. The summed E-state index contributed by atoms with van der Waals surface area (Å²) in [6.07, 6.45) is 2.61. The van der Waals surface area contributed by atoms with E-state index in [2.05, 4.69) is 26.2 Å². The van der Waals surface area contributed by atoms with Gasteiger partial charge >= 0.3 is 0 Å². The van der Waals surface area contributed by atoms with Crippen LogP contribution in [0.5, 0.6) is 0 Å². The first kappa shape index (κ1) is 11.8. The van der Waals surface area contributed by atoms with Crippen molar-refractivity contribution < 1.29 is 9.13 Å². The molecule has 0 bridgehead atoms. The van der Waals surface area contributed by atoms with Crippen LogP contribution >= 0.6 is 15.9 Å². The number of aromatic nitrogens is 1. The molecule has 88 valence electrons. The van der Waals surface area contributed by atoms with Crippen LogP contribution in [0.1, 0.15) is 13.3 Å². The van der Waals surface area contributed by atoms with Crippen molar-refractivity contribution in [1.82, 2.24) is 4.98 Å². The first-order valence-corrected chi connectivity index (χ1v) is 6.11. The molecule has 0 amide bonds. The maximum Gasteiger partial charge on any atom is 0.166 e. The van der Waals surface area contributed by atoms with Gasteiger partial charge in [0.25, 0.3) is 0 Å². The standard InChI is InChI=1S/C11H14BrFN2O/c1-7(8-2-3-16-6-8)15-11-10(13)4-9(12)5-14-11/h4-5,7-8H,2-3,6H2,1H3,(H,14,15). The van der Waals surface area contributed by atoms with E-state index >= 15 is 0 Å². The number of anilines is 1. The summed E-state index contributed by atoms with van der Waals surface area (Å²) in [7, 11) is 0. The Morgan fingerprint density at radius 2 is 2.50 bits per heavy atom. The average Bonchev–Trinajstić information content (AvgIpc) is 2.75. The Morgan fingerprint density at radius 1 is 1.69 bits per heavy atom. The van der Waals surface area contributed by atoms with E-state index in [1.54, 1.807) is 6.20 Å². The molecule has 1 aliphatic rings. The summed E-state index contributed by atoms with van der Waals surface area (Å²) < 4.78 is 19.5. The fraction of sp³-hybridized carbons (Fsp3) is 0.545. The third-order valence-electron chi connectivity index (χ3n) is 2.84. The Hall–Kier alpha value is -0.680. The van der Waals surface area contributed by atoms with E-state index in [0.717, 1.165) is 19.6 Å². The van der Waals surface area contributed by atoms with Crippen LogP contribution in [-0.4, -0.2) is 24.2 Å². The molecule has 3 nitrogen and oxygen atoms in total. The van der Waals surface area contributed by atoms with Gasteiger partial charge in [-0.3, -0.25) is 0 Å². The first-order valence-electron chi connectivity index (χ1n) is 5.32. The SMILES string of the molecule is CC(Nc1ncc(Br)cc1F)C1CCOC1. The van der Waals surface area contributed by atoms with Gasteiger partial charge in [0, 0.05) is 29.2 Å². The molecule has 2 heterocycles. The van der Waals surface area contributed by atoms with E-state index in [1.165, 1.54) is 6.07 Å². The van der Waals surface area contributed by atoms with Gasteiger partial charge < -0.3 is 10.1 Å². The molecule has 1 saturated heterocycles. The second-order valence-electron chi connectivity index (χ2n) is 4.04. The summed E-state index contributed by atoms with van der Waals surface area (Å²) in [6, 6.07) is 1.58. The Balaban J connectivity index is 2.02. The lowest BCUT2D eigenvalue weighted by atomic mass is 10.0. The van der Waals surface area contributed by atoms with Crippen LogP contribution in [0, 0.1) is 11.7 Å². The van der Waals surface area contributed by atoms with Crippen molar-refractivity contribution >= 4 is 21.7 Å². The van der Waals surface area contributed by atoms with Crippen LogP contribution in [0.25, 0.3) is 0 Å². The summed E-state index contributed by atoms with van der Waals surface area (Å²) in [5.41, 5.74) is 0. The Bertz CT molecular complexity index is 369. The van der Waals surface area contributed by atoms with Gasteiger partial charge in [0.1, 0.15) is 0 Å². The zero-order valence-electron chi connectivity index (χ0n) is 9.04. The summed E-state index contributed by atoms with van der Waals surface area (Å²) in [5.74, 6) is 0.410. The van der Waals surface area contributed by atoms with Crippen molar-refractivity contribution in [3.05, 3.63) is 22.6 Å². The maximum absolute atomic E-state index is 13.5. The fourth-order valence-corrected chi connectivity index (χ4v) is 2.10. The molecular weight excluding hydrogens is 275 g/mol. The number of ether oxygens (including phenoxy) is 1. The number of nitrogens with zero attached hydrogens (tertiary/aromatic N) is 1. The van der Waals surface area contributed by atoms with E-state index in [1.807, 2.05) is 6.92 Å². The molecule has 2 atom stereocenters. The molecule has 16 heavy (non-hydrogen) atoms. The summed E-state index contributed by atoms with van der Waals surface area (Å²) in [6.45, 7) is 3.57. The smallest absolute Gasteiger partial charge is 0.166 e. The third-order valence-corrected chi connectivity index (χ3v) is 3.28. The lowest BCUT2D eigenvalue weighted by Gasteiger charge is -2.20. The monoisotopic (exact) mass is 288 g/mol. The number of pyridine rings is 1. The Labute approximate surface area is 103 Å². The predicted molar refractivity (Wildman–Crippen MR) is 63.9 cm³/mol. The van der Waals surface area contributed by atoms with Crippen LogP contribution in [0.3, 0.4) is 0 Å². The molecule has 1 fully saturated rings. The van der Waals surface area contributed by atoms with E-state index in [9.17, 15) is 4.39 Å². The van der Waals surface area contributed by atoms with Crippen LogP contribution in [0.15, 0.2) is 16.7 Å². The predicted octanol–water partition coefficient (Wildman–Crippen LogP) is 2.82. The number of rotatable bonds is 3. The molecule has 0 saturated carbocycles. The quantitative estimate of drug-likeness (QED) is 0.929. The van der Waals surface area contributed by atoms with Crippen LogP contribution in [0.4, 0.5) is 10.2 Å². The van der Waals surface area contributed by atoms with Crippen LogP contribution < -0.4 is 5.32 Å². The minimum Gasteiger partial charge on any atom is -0.381 e. The van der Waals surface area contributed by atoms with Crippen molar-refractivity contribution in [2.24, 2.45) is 5.92 Å². The molecule has 1 N–H and O–H groups in total. The second kappa shape index (κ2) is 5.10. The molecular formula is C11H14BrFN2O. The molecule has 2 rings (SSSR count). The highest BCUT2D eigenvalue weighted by Gasteiger charge is 2.23. The van der Waals surface area contributed by atoms with Gasteiger partial charge in [0.2, 0.25) is 0 Å². The molecule has 2 unspecified atom stereocenters. The lowest BCUT2D eigenvalue weighted by molar-refractivity contribution is 0.183. The highest BCUT2D eigenvalue weighted by Crippen LogP contribution is 2.22. The normalized spacial score (nSPS) is 22.1. The fourth-order valence-electron chi connectivity index (χ4n) is 1.80. The molecule has 1 aromatic rings. The second-order valence-corrected chi connectivity index (χ2v) is 4.96. The molecule has 0 aliphatic carbocycles. The first-order chi connectivity index (χ1) is 7.66. The van der Waals surface area contributed by atoms with Gasteiger partial charge in [-0.15, -0.1) is 0 Å². The van der Waals surface area contributed by atoms with Crippen molar-refractivity contribution in [2.45, 2.75) is 19.4 Å². The minimum atomic E-state index is -0.333. The van der Waals surface area contributed by atoms with E-state index in [0.29, 0.717) is 16.2 Å². The maximum atomic E-state index is 13.5. The van der Waals surface area contributed by atoms with Crippen molar-refractivity contribution in [3.8, 4) is 0 Å². The summed E-state index contributed by atoms with van der Waals surface area (Å²) in [4.78, 5) is 4.02. The van der Waals surface area contributed by atoms with Crippen molar-refractivity contribution in [1.29, 1.82) is 0 Å². The van der Waals surface area contributed by atoms with E-state index < -0.39 is 0 Å². The number of halogens is 2. The highest BCUT2D eigenvalue weighted by molar-refractivity contribution is 9.10. The van der Waals surface area contributed by atoms with E-state index in [-0.39, 0.29) is 11.9 Å².